The number of hydrogen-bond donors (Lipinski definition) is 2. The van der Waals surface area contributed by atoms with E-state index in [9.17, 15) is 14.4 Å². The second-order valence-corrected chi connectivity index (χ2v) is 2.68. The third-order valence-corrected chi connectivity index (χ3v) is 1.86. The third kappa shape index (κ3) is 1.61. The van der Waals surface area contributed by atoms with Crippen molar-refractivity contribution < 1.29 is 19.5 Å². The molecule has 1 saturated heterocycles. The minimum Gasteiger partial charge on any atom is -0.480 e. The van der Waals surface area contributed by atoms with Crippen LogP contribution in [0.15, 0.2) is 0 Å². The van der Waals surface area contributed by atoms with Gasteiger partial charge in [-0.1, -0.05) is 6.92 Å². The lowest BCUT2D eigenvalue weighted by Gasteiger charge is -2.19. The maximum atomic E-state index is 11.1. The molecule has 3 amide bonds. The number of amides is 3. The molecule has 13 heavy (non-hydrogen) atoms. The van der Waals surface area contributed by atoms with Crippen LogP contribution >= 0.6 is 0 Å². The van der Waals surface area contributed by atoms with Gasteiger partial charge in [-0.3, -0.25) is 4.79 Å². The molecule has 2 N–H and O–H groups in total. The van der Waals surface area contributed by atoms with Gasteiger partial charge in [-0.05, 0) is 6.42 Å². The molecule has 1 aliphatic heterocycles. The second kappa shape index (κ2) is 3.42. The van der Waals surface area contributed by atoms with Crippen LogP contribution in [0.1, 0.15) is 13.3 Å². The molecule has 0 radical (unpaired) electrons. The first kappa shape index (κ1) is 9.50. The van der Waals surface area contributed by atoms with E-state index in [0.29, 0.717) is 0 Å². The Bertz CT molecular complexity index is 247. The van der Waals surface area contributed by atoms with Gasteiger partial charge in [0.2, 0.25) is 0 Å². The molecular formula is C7H10N2O4. The van der Waals surface area contributed by atoms with Gasteiger partial charge in [-0.2, -0.15) is 0 Å². The molecule has 6 nitrogen and oxygen atoms in total. The Morgan fingerprint density at radius 3 is 2.62 bits per heavy atom. The first-order valence-corrected chi connectivity index (χ1v) is 3.90. The number of urea groups is 1. The molecule has 1 fully saturated rings. The van der Waals surface area contributed by atoms with Gasteiger partial charge in [0.25, 0.3) is 5.91 Å². The number of rotatable bonds is 3. The number of imide groups is 1. The van der Waals surface area contributed by atoms with Gasteiger partial charge in [-0.25, -0.2) is 14.5 Å². The lowest BCUT2D eigenvalue weighted by Crippen LogP contribution is -2.44. The topological polar surface area (TPSA) is 86.7 Å². The zero-order valence-electron chi connectivity index (χ0n) is 7.11. The van der Waals surface area contributed by atoms with Gasteiger partial charge in [0.1, 0.15) is 6.04 Å². The van der Waals surface area contributed by atoms with Crippen molar-refractivity contribution in [2.45, 2.75) is 19.4 Å². The lowest BCUT2D eigenvalue weighted by atomic mass is 10.2. The standard InChI is InChI=1S/C7H10N2O4/c1-2-4(6(11)12)9-5(10)3-8-7(9)13/h4H,2-3H2,1H3,(H,8,13)(H,11,12). The van der Waals surface area contributed by atoms with E-state index in [0.717, 1.165) is 4.90 Å². The molecule has 0 aromatic carbocycles. The summed E-state index contributed by atoms with van der Waals surface area (Å²) in [6.45, 7) is 1.50. The van der Waals surface area contributed by atoms with Gasteiger partial charge >= 0.3 is 12.0 Å². The van der Waals surface area contributed by atoms with Gasteiger partial charge in [-0.15, -0.1) is 0 Å². The summed E-state index contributed by atoms with van der Waals surface area (Å²) in [5.41, 5.74) is 0. The Hall–Kier alpha value is -1.59. The summed E-state index contributed by atoms with van der Waals surface area (Å²) >= 11 is 0. The predicted octanol–water partition coefficient (Wildman–Crippen LogP) is -0.599. The highest BCUT2D eigenvalue weighted by molar-refractivity contribution is 6.04. The van der Waals surface area contributed by atoms with Crippen molar-refractivity contribution >= 4 is 17.9 Å². The third-order valence-electron chi connectivity index (χ3n) is 1.86. The first-order chi connectivity index (χ1) is 6.07. The van der Waals surface area contributed by atoms with Crippen LogP contribution in [0, 0.1) is 0 Å². The average molecular weight is 186 g/mol. The summed E-state index contributed by atoms with van der Waals surface area (Å²) < 4.78 is 0. The normalized spacial score (nSPS) is 18.7. The predicted molar refractivity (Wildman–Crippen MR) is 42.0 cm³/mol. The van der Waals surface area contributed by atoms with Crippen molar-refractivity contribution in [2.75, 3.05) is 6.54 Å². The highest BCUT2D eigenvalue weighted by Gasteiger charge is 2.37. The van der Waals surface area contributed by atoms with Crippen LogP contribution in [0.25, 0.3) is 0 Å². The fraction of sp³-hybridized carbons (Fsp3) is 0.571. The minimum absolute atomic E-state index is 0.109. The zero-order chi connectivity index (χ0) is 10.0. The van der Waals surface area contributed by atoms with Crippen molar-refractivity contribution in [3.63, 3.8) is 0 Å². The highest BCUT2D eigenvalue weighted by Crippen LogP contribution is 2.09. The van der Waals surface area contributed by atoms with E-state index in [2.05, 4.69) is 5.32 Å². The Labute approximate surface area is 74.5 Å². The molecule has 72 valence electrons. The van der Waals surface area contributed by atoms with E-state index in [-0.39, 0.29) is 13.0 Å². The van der Waals surface area contributed by atoms with Crippen molar-refractivity contribution in [3.8, 4) is 0 Å². The number of carboxylic acid groups (broad SMARTS) is 1. The monoisotopic (exact) mass is 186 g/mol. The molecule has 1 heterocycles. The number of aliphatic carboxylic acids is 1. The highest BCUT2D eigenvalue weighted by atomic mass is 16.4. The van der Waals surface area contributed by atoms with Crippen molar-refractivity contribution in [1.29, 1.82) is 0 Å². The summed E-state index contributed by atoms with van der Waals surface area (Å²) in [6, 6.07) is -1.67. The number of carbonyl (C=O) groups is 3. The van der Waals surface area contributed by atoms with E-state index in [1.54, 1.807) is 6.92 Å². The van der Waals surface area contributed by atoms with Crippen molar-refractivity contribution in [3.05, 3.63) is 0 Å². The Morgan fingerprint density at radius 2 is 2.31 bits per heavy atom. The lowest BCUT2D eigenvalue weighted by molar-refractivity contribution is -0.146. The molecule has 0 bridgehead atoms. The fourth-order valence-electron chi connectivity index (χ4n) is 1.22. The van der Waals surface area contributed by atoms with Crippen molar-refractivity contribution in [1.82, 2.24) is 10.2 Å². The summed E-state index contributed by atoms with van der Waals surface area (Å²) in [5, 5.41) is 11.0. The van der Waals surface area contributed by atoms with E-state index in [4.69, 9.17) is 5.11 Å². The molecule has 1 rings (SSSR count). The zero-order valence-corrected chi connectivity index (χ0v) is 7.11. The maximum Gasteiger partial charge on any atom is 0.326 e. The van der Waals surface area contributed by atoms with E-state index < -0.39 is 23.9 Å². The first-order valence-electron chi connectivity index (χ1n) is 3.90. The smallest absolute Gasteiger partial charge is 0.326 e. The molecule has 6 heteroatoms. The Kier molecular flexibility index (Phi) is 2.50. The van der Waals surface area contributed by atoms with Crippen LogP contribution in [0.4, 0.5) is 4.79 Å². The van der Waals surface area contributed by atoms with E-state index in [1.165, 1.54) is 0 Å². The quantitative estimate of drug-likeness (QED) is 0.576. The van der Waals surface area contributed by atoms with Crippen LogP contribution in [0.3, 0.4) is 0 Å². The minimum atomic E-state index is -1.16. The van der Waals surface area contributed by atoms with Gasteiger partial charge in [0.05, 0.1) is 6.54 Å². The molecule has 1 aliphatic rings. The van der Waals surface area contributed by atoms with Crippen LogP contribution in [-0.2, 0) is 9.59 Å². The van der Waals surface area contributed by atoms with Crippen LogP contribution in [0.2, 0.25) is 0 Å². The molecule has 0 aromatic heterocycles. The fourth-order valence-corrected chi connectivity index (χ4v) is 1.22. The summed E-state index contributed by atoms with van der Waals surface area (Å²) in [5.74, 6) is -1.65. The number of carboxylic acids is 1. The molecule has 1 atom stereocenters. The number of nitrogens with zero attached hydrogens (tertiary/aromatic N) is 1. The maximum absolute atomic E-state index is 11.1. The van der Waals surface area contributed by atoms with Gasteiger partial charge in [0.15, 0.2) is 0 Å². The average Bonchev–Trinajstić information content (AvgIpc) is 2.36. The van der Waals surface area contributed by atoms with Gasteiger partial charge < -0.3 is 10.4 Å². The summed E-state index contributed by atoms with van der Waals surface area (Å²) in [6.07, 6.45) is 0.217. The van der Waals surface area contributed by atoms with Crippen LogP contribution < -0.4 is 5.32 Å². The Balaban J connectivity index is 2.84. The van der Waals surface area contributed by atoms with E-state index >= 15 is 0 Å². The van der Waals surface area contributed by atoms with Gasteiger partial charge in [0, 0.05) is 0 Å². The largest absolute Gasteiger partial charge is 0.480 e. The van der Waals surface area contributed by atoms with E-state index in [1.807, 2.05) is 0 Å². The number of carbonyl (C=O) groups excluding carboxylic acids is 2. The molecule has 0 saturated carbocycles. The Morgan fingerprint density at radius 1 is 1.69 bits per heavy atom. The summed E-state index contributed by atoms with van der Waals surface area (Å²) in [4.78, 5) is 33.5. The number of hydrogen-bond acceptors (Lipinski definition) is 3. The number of nitrogens with one attached hydrogen (secondary N) is 1. The SMILES string of the molecule is CCC(C(=O)O)N1C(=O)CNC1=O. The summed E-state index contributed by atoms with van der Waals surface area (Å²) in [7, 11) is 0. The molecule has 0 aromatic rings. The van der Waals surface area contributed by atoms with Crippen LogP contribution in [0.5, 0.6) is 0 Å². The molecule has 0 aliphatic carbocycles. The molecular weight excluding hydrogens is 176 g/mol. The van der Waals surface area contributed by atoms with Crippen LogP contribution in [-0.4, -0.2) is 40.5 Å². The van der Waals surface area contributed by atoms with Crippen molar-refractivity contribution in [2.24, 2.45) is 0 Å². The molecule has 1 unspecified atom stereocenters. The molecule has 0 spiro atoms. The second-order valence-electron chi connectivity index (χ2n) is 2.68.